The van der Waals surface area contributed by atoms with Crippen molar-refractivity contribution in [3.63, 3.8) is 0 Å². The third kappa shape index (κ3) is 3.73. The number of fused-ring (bicyclic) bond motifs is 1. The van der Waals surface area contributed by atoms with Gasteiger partial charge in [0.1, 0.15) is 11.9 Å². The summed E-state index contributed by atoms with van der Waals surface area (Å²) in [7, 11) is 0. The molecule has 2 aromatic rings. The van der Waals surface area contributed by atoms with E-state index >= 15 is 0 Å². The minimum absolute atomic E-state index is 0.0318. The lowest BCUT2D eigenvalue weighted by Gasteiger charge is -2.32. The van der Waals surface area contributed by atoms with E-state index in [9.17, 15) is 18.4 Å². The highest BCUT2D eigenvalue weighted by Gasteiger charge is 2.31. The van der Waals surface area contributed by atoms with Gasteiger partial charge in [0.25, 0.3) is 0 Å². The minimum atomic E-state index is -0.779. The van der Waals surface area contributed by atoms with Gasteiger partial charge >= 0.3 is 6.03 Å². The first kappa shape index (κ1) is 16.8. The molecule has 0 aliphatic carbocycles. The van der Waals surface area contributed by atoms with Crippen LogP contribution >= 0.6 is 0 Å². The second-order valence-corrected chi connectivity index (χ2v) is 5.71. The van der Waals surface area contributed by atoms with Crippen molar-refractivity contribution in [2.45, 2.75) is 26.1 Å². The number of hydrogen-bond acceptors (Lipinski definition) is 3. The van der Waals surface area contributed by atoms with Crippen LogP contribution in [-0.2, 0) is 17.9 Å². The second-order valence-electron chi connectivity index (χ2n) is 5.71. The Morgan fingerprint density at radius 3 is 2.72 bits per heavy atom. The Hall–Kier alpha value is -3.03. The third-order valence-corrected chi connectivity index (χ3v) is 3.99. The summed E-state index contributed by atoms with van der Waals surface area (Å²) in [6.45, 7) is 1.82. The maximum absolute atomic E-state index is 13.3. The zero-order valence-electron chi connectivity index (χ0n) is 13.4. The van der Waals surface area contributed by atoms with E-state index in [-0.39, 0.29) is 24.8 Å². The van der Waals surface area contributed by atoms with Gasteiger partial charge in [0.15, 0.2) is 0 Å². The highest BCUT2D eigenvalue weighted by Crippen LogP contribution is 2.23. The summed E-state index contributed by atoms with van der Waals surface area (Å²) >= 11 is 0. The molecule has 1 aliphatic heterocycles. The Balaban J connectivity index is 1.65. The van der Waals surface area contributed by atoms with Gasteiger partial charge in [-0.15, -0.1) is 0 Å². The van der Waals surface area contributed by atoms with Gasteiger partial charge in [-0.1, -0.05) is 12.1 Å². The maximum atomic E-state index is 13.3. The number of carbonyl (C=O) groups excluding carboxylic acids is 2. The zero-order chi connectivity index (χ0) is 18.0. The number of hydrogen-bond donors (Lipinski definition) is 2. The van der Waals surface area contributed by atoms with Crippen LogP contribution in [0.5, 0.6) is 0 Å². The number of urea groups is 1. The van der Waals surface area contributed by atoms with Crippen LogP contribution in [0.1, 0.15) is 18.2 Å². The van der Waals surface area contributed by atoms with Crippen molar-refractivity contribution >= 4 is 17.6 Å². The molecule has 8 heteroatoms. The van der Waals surface area contributed by atoms with Crippen LogP contribution in [0.4, 0.5) is 19.3 Å². The van der Waals surface area contributed by atoms with E-state index in [1.165, 1.54) is 23.1 Å². The molecule has 1 aromatic heterocycles. The molecule has 25 heavy (non-hydrogen) atoms. The van der Waals surface area contributed by atoms with Crippen molar-refractivity contribution in [1.29, 1.82) is 0 Å². The van der Waals surface area contributed by atoms with Crippen LogP contribution in [0.15, 0.2) is 36.4 Å². The largest absolute Gasteiger partial charge is 0.350 e. The van der Waals surface area contributed by atoms with E-state index in [1.54, 1.807) is 19.1 Å². The lowest BCUT2D eigenvalue weighted by Crippen LogP contribution is -2.50. The summed E-state index contributed by atoms with van der Waals surface area (Å²) in [5.74, 6) is -1.38. The van der Waals surface area contributed by atoms with Crippen molar-refractivity contribution < 1.29 is 18.4 Å². The summed E-state index contributed by atoms with van der Waals surface area (Å²) in [6.07, 6.45) is 0. The van der Waals surface area contributed by atoms with Crippen LogP contribution in [-0.4, -0.2) is 27.9 Å². The average molecular weight is 346 g/mol. The zero-order valence-corrected chi connectivity index (χ0v) is 13.4. The number of amides is 3. The van der Waals surface area contributed by atoms with E-state index in [1.807, 2.05) is 0 Å². The molecule has 2 N–H and O–H groups in total. The van der Waals surface area contributed by atoms with Crippen molar-refractivity contribution in [1.82, 2.24) is 15.2 Å². The average Bonchev–Trinajstić information content (AvgIpc) is 2.60. The molecule has 2 heterocycles. The number of nitrogens with zero attached hydrogens (tertiary/aromatic N) is 2. The van der Waals surface area contributed by atoms with Crippen molar-refractivity contribution in [3.05, 3.63) is 59.4 Å². The number of rotatable bonds is 4. The highest BCUT2D eigenvalue weighted by atomic mass is 19.1. The fourth-order valence-corrected chi connectivity index (χ4v) is 2.52. The first-order valence-electron chi connectivity index (χ1n) is 7.69. The van der Waals surface area contributed by atoms with Gasteiger partial charge in [0.05, 0.1) is 17.9 Å². The summed E-state index contributed by atoms with van der Waals surface area (Å²) < 4.78 is 26.1. The van der Waals surface area contributed by atoms with Gasteiger partial charge in [-0.05, 0) is 36.8 Å². The first-order chi connectivity index (χ1) is 11.9. The number of aromatic nitrogens is 1. The molecule has 0 fully saturated rings. The SMILES string of the molecule is CC(C(=O)NCc1ccc(F)cc1)N1Cc2nc(F)ccc2NC1=O. The van der Waals surface area contributed by atoms with E-state index in [4.69, 9.17) is 0 Å². The molecule has 1 aliphatic rings. The predicted molar refractivity (Wildman–Crippen MR) is 86.5 cm³/mol. The van der Waals surface area contributed by atoms with Gasteiger partial charge in [0.2, 0.25) is 11.9 Å². The van der Waals surface area contributed by atoms with Crippen LogP contribution in [0.3, 0.4) is 0 Å². The Kier molecular flexibility index (Phi) is 4.60. The Bertz CT molecular complexity index is 811. The van der Waals surface area contributed by atoms with Crippen molar-refractivity contribution in [3.8, 4) is 0 Å². The normalized spacial score (nSPS) is 14.5. The van der Waals surface area contributed by atoms with Gasteiger partial charge in [-0.3, -0.25) is 4.79 Å². The molecule has 3 rings (SSSR count). The van der Waals surface area contributed by atoms with Crippen LogP contribution in [0.25, 0.3) is 0 Å². The summed E-state index contributed by atoms with van der Waals surface area (Å²) in [5.41, 5.74) is 1.53. The molecule has 1 atom stereocenters. The Labute approximate surface area is 142 Å². The number of benzene rings is 1. The fourth-order valence-electron chi connectivity index (χ4n) is 2.52. The molecule has 1 aromatic carbocycles. The quantitative estimate of drug-likeness (QED) is 0.835. The molecule has 6 nitrogen and oxygen atoms in total. The highest BCUT2D eigenvalue weighted by molar-refractivity contribution is 5.95. The predicted octanol–water partition coefficient (Wildman–Crippen LogP) is 2.41. The minimum Gasteiger partial charge on any atom is -0.350 e. The summed E-state index contributed by atoms with van der Waals surface area (Å²) in [4.78, 5) is 29.5. The van der Waals surface area contributed by atoms with Gasteiger partial charge in [-0.25, -0.2) is 14.2 Å². The number of pyridine rings is 1. The van der Waals surface area contributed by atoms with E-state index in [2.05, 4.69) is 15.6 Å². The standard InChI is InChI=1S/C17H16F2N4O2/c1-10(16(24)20-8-11-2-4-12(18)5-3-11)23-9-14-13(22-17(23)25)6-7-15(19)21-14/h2-7,10H,8-9H2,1H3,(H,20,24)(H,22,25). The number of carbonyl (C=O) groups is 2. The smallest absolute Gasteiger partial charge is 0.322 e. The first-order valence-corrected chi connectivity index (χ1v) is 7.69. The van der Waals surface area contributed by atoms with Crippen LogP contribution in [0.2, 0.25) is 0 Å². The number of anilines is 1. The molecular weight excluding hydrogens is 330 g/mol. The molecule has 0 radical (unpaired) electrons. The second kappa shape index (κ2) is 6.84. The lowest BCUT2D eigenvalue weighted by molar-refractivity contribution is -0.125. The van der Waals surface area contributed by atoms with E-state index in [0.29, 0.717) is 11.4 Å². The van der Waals surface area contributed by atoms with Gasteiger partial charge < -0.3 is 15.5 Å². The number of halogens is 2. The van der Waals surface area contributed by atoms with Crippen molar-refractivity contribution in [2.75, 3.05) is 5.32 Å². The molecule has 3 amide bonds. The molecular formula is C17H16F2N4O2. The molecule has 130 valence electrons. The van der Waals surface area contributed by atoms with Gasteiger partial charge in [-0.2, -0.15) is 4.39 Å². The molecule has 0 spiro atoms. The monoisotopic (exact) mass is 346 g/mol. The molecule has 0 saturated carbocycles. The van der Waals surface area contributed by atoms with Crippen molar-refractivity contribution in [2.24, 2.45) is 0 Å². The van der Waals surface area contributed by atoms with Gasteiger partial charge in [0, 0.05) is 6.54 Å². The summed E-state index contributed by atoms with van der Waals surface area (Å²) in [6, 6.07) is 7.11. The number of nitrogens with one attached hydrogen (secondary N) is 2. The van der Waals surface area contributed by atoms with Crippen LogP contribution in [0, 0.1) is 11.8 Å². The molecule has 0 bridgehead atoms. The Morgan fingerprint density at radius 2 is 2.00 bits per heavy atom. The topological polar surface area (TPSA) is 74.3 Å². The lowest BCUT2D eigenvalue weighted by atomic mass is 10.1. The van der Waals surface area contributed by atoms with E-state index < -0.39 is 18.0 Å². The molecule has 1 unspecified atom stereocenters. The maximum Gasteiger partial charge on any atom is 0.322 e. The van der Waals surface area contributed by atoms with Crippen LogP contribution < -0.4 is 10.6 Å². The summed E-state index contributed by atoms with van der Waals surface area (Å²) in [5, 5.41) is 5.28. The Morgan fingerprint density at radius 1 is 1.28 bits per heavy atom. The molecule has 0 saturated heterocycles. The van der Waals surface area contributed by atoms with E-state index in [0.717, 1.165) is 11.6 Å². The third-order valence-electron chi connectivity index (χ3n) is 3.99. The fraction of sp³-hybridized carbons (Fsp3) is 0.235.